The summed E-state index contributed by atoms with van der Waals surface area (Å²) >= 11 is 6.65. The van der Waals surface area contributed by atoms with E-state index in [1.165, 1.54) is 19.8 Å². The lowest BCUT2D eigenvalue weighted by Gasteiger charge is -2.21. The molecule has 0 spiro atoms. The first-order valence-electron chi connectivity index (χ1n) is 10.7. The van der Waals surface area contributed by atoms with E-state index in [1.807, 2.05) is 43.5 Å². The number of nitrogens with one attached hydrogen (secondary N) is 2. The molecular formula is C23H29ClN4O2. The minimum Gasteiger partial charge on any atom is -0.489 e. The maximum Gasteiger partial charge on any atom is 0.217 e. The van der Waals surface area contributed by atoms with E-state index < -0.39 is 0 Å². The summed E-state index contributed by atoms with van der Waals surface area (Å²) in [5.41, 5.74) is 2.07. The van der Waals surface area contributed by atoms with E-state index in [0.29, 0.717) is 5.02 Å². The van der Waals surface area contributed by atoms with Gasteiger partial charge in [-0.2, -0.15) is 0 Å². The molecule has 1 saturated carbocycles. The lowest BCUT2D eigenvalue weighted by Crippen LogP contribution is -2.25. The predicted octanol–water partition coefficient (Wildman–Crippen LogP) is 4.41. The topological polar surface area (TPSA) is 66.5 Å². The van der Waals surface area contributed by atoms with Crippen LogP contribution in [0.5, 0.6) is 5.75 Å². The first kappa shape index (κ1) is 20.8. The van der Waals surface area contributed by atoms with Crippen LogP contribution in [0, 0.1) is 5.92 Å². The van der Waals surface area contributed by atoms with Gasteiger partial charge in [-0.15, -0.1) is 0 Å². The molecule has 4 rings (SSSR count). The summed E-state index contributed by atoms with van der Waals surface area (Å²) in [6.45, 7) is 6.13. The van der Waals surface area contributed by atoms with Gasteiger partial charge in [0.25, 0.3) is 0 Å². The predicted molar refractivity (Wildman–Crippen MR) is 120 cm³/mol. The lowest BCUT2D eigenvalue weighted by atomic mass is 10.1. The van der Waals surface area contributed by atoms with Crippen molar-refractivity contribution in [2.75, 3.05) is 29.9 Å². The van der Waals surface area contributed by atoms with Gasteiger partial charge in [0.05, 0.1) is 18.3 Å². The average Bonchev–Trinajstić information content (AvgIpc) is 3.44. The second kappa shape index (κ2) is 9.13. The van der Waals surface area contributed by atoms with E-state index in [0.717, 1.165) is 54.8 Å². The van der Waals surface area contributed by atoms with E-state index in [2.05, 4.69) is 20.5 Å². The van der Waals surface area contributed by atoms with Gasteiger partial charge < -0.3 is 20.3 Å². The van der Waals surface area contributed by atoms with Gasteiger partial charge in [0.1, 0.15) is 22.7 Å². The largest absolute Gasteiger partial charge is 0.489 e. The van der Waals surface area contributed by atoms with Crippen LogP contribution in [-0.2, 0) is 4.79 Å². The first-order valence-corrected chi connectivity index (χ1v) is 11.0. The molecule has 2 atom stereocenters. The maximum absolute atomic E-state index is 11.2. The number of ether oxygens (including phenoxy) is 1. The van der Waals surface area contributed by atoms with Gasteiger partial charge in [-0.3, -0.25) is 4.79 Å². The minimum atomic E-state index is -0.0328. The molecule has 2 aromatic rings. The van der Waals surface area contributed by atoms with Gasteiger partial charge in [-0.05, 0) is 49.4 Å². The van der Waals surface area contributed by atoms with Crippen LogP contribution >= 0.6 is 11.6 Å². The zero-order chi connectivity index (χ0) is 21.1. The Balaban J connectivity index is 1.34. The molecule has 6 nitrogen and oxygen atoms in total. The van der Waals surface area contributed by atoms with Gasteiger partial charge in [0.15, 0.2) is 0 Å². The van der Waals surface area contributed by atoms with Crippen LogP contribution in [-0.4, -0.2) is 36.6 Å². The van der Waals surface area contributed by atoms with Gasteiger partial charge in [0.2, 0.25) is 5.91 Å². The Labute approximate surface area is 183 Å². The highest BCUT2D eigenvalue weighted by Crippen LogP contribution is 2.35. The van der Waals surface area contributed by atoms with E-state index in [1.54, 1.807) is 0 Å². The molecule has 0 bridgehead atoms. The number of aromatic nitrogens is 1. The fourth-order valence-corrected chi connectivity index (χ4v) is 4.12. The molecule has 1 amide bonds. The fourth-order valence-electron chi connectivity index (χ4n) is 3.82. The van der Waals surface area contributed by atoms with Crippen LogP contribution in [0.1, 0.15) is 44.7 Å². The lowest BCUT2D eigenvalue weighted by molar-refractivity contribution is -0.119. The molecule has 2 heterocycles. The fraction of sp³-hybridized carbons (Fsp3) is 0.478. The SMILES string of the molecule is CC(=O)N[C@@H](C)c1ccc(O[C@@H]2CCN(c3ccnc(NCC4CC4)c3Cl)C2)cc1. The van der Waals surface area contributed by atoms with E-state index >= 15 is 0 Å². The molecule has 160 valence electrons. The Morgan fingerprint density at radius 2 is 2.03 bits per heavy atom. The zero-order valence-electron chi connectivity index (χ0n) is 17.5. The van der Waals surface area contributed by atoms with Crippen molar-refractivity contribution in [1.29, 1.82) is 0 Å². The third-order valence-corrected chi connectivity index (χ3v) is 6.08. The molecule has 0 radical (unpaired) electrons. The van der Waals surface area contributed by atoms with Crippen molar-refractivity contribution in [3.8, 4) is 5.75 Å². The number of halogens is 1. The van der Waals surface area contributed by atoms with Crippen molar-refractivity contribution in [2.45, 2.75) is 45.3 Å². The highest BCUT2D eigenvalue weighted by atomic mass is 35.5. The number of hydrogen-bond donors (Lipinski definition) is 2. The number of anilines is 2. The smallest absolute Gasteiger partial charge is 0.217 e. The van der Waals surface area contributed by atoms with Crippen LogP contribution in [0.15, 0.2) is 36.5 Å². The van der Waals surface area contributed by atoms with Gasteiger partial charge in [-0.1, -0.05) is 23.7 Å². The molecule has 7 heteroatoms. The highest BCUT2D eigenvalue weighted by Gasteiger charge is 2.27. The summed E-state index contributed by atoms with van der Waals surface area (Å²) in [5.74, 6) is 2.35. The summed E-state index contributed by atoms with van der Waals surface area (Å²) in [6, 6.07) is 9.90. The Hall–Kier alpha value is -2.47. The van der Waals surface area contributed by atoms with Gasteiger partial charge in [-0.25, -0.2) is 4.98 Å². The molecule has 2 aliphatic rings. The number of nitrogens with zero attached hydrogens (tertiary/aromatic N) is 2. The van der Waals surface area contributed by atoms with Crippen molar-refractivity contribution in [3.05, 3.63) is 47.1 Å². The number of pyridine rings is 1. The van der Waals surface area contributed by atoms with Crippen molar-refractivity contribution in [2.24, 2.45) is 5.92 Å². The van der Waals surface area contributed by atoms with Gasteiger partial charge in [0, 0.05) is 32.6 Å². The second-order valence-electron chi connectivity index (χ2n) is 8.28. The number of rotatable bonds is 8. The number of benzene rings is 1. The molecule has 1 aromatic heterocycles. The van der Waals surface area contributed by atoms with Crippen molar-refractivity contribution >= 4 is 29.0 Å². The van der Waals surface area contributed by atoms with Crippen LogP contribution in [0.25, 0.3) is 0 Å². The standard InChI is InChI=1S/C23H29ClN4O2/c1-15(27-16(2)29)18-5-7-19(8-6-18)30-20-10-12-28(14-20)21-9-11-25-23(22(21)24)26-13-17-3-4-17/h5-9,11,15,17,20H,3-4,10,12-14H2,1-2H3,(H,25,26)(H,27,29)/t15-,20+/m0/s1. The molecule has 1 aliphatic heterocycles. The third-order valence-electron chi connectivity index (χ3n) is 5.71. The summed E-state index contributed by atoms with van der Waals surface area (Å²) in [4.78, 5) is 17.9. The first-order chi connectivity index (χ1) is 14.5. The van der Waals surface area contributed by atoms with Gasteiger partial charge >= 0.3 is 0 Å². The van der Waals surface area contributed by atoms with E-state index in [9.17, 15) is 4.79 Å². The number of amides is 1. The normalized spacial score (nSPS) is 19.4. The number of carbonyl (C=O) groups excluding carboxylic acids is 1. The van der Waals surface area contributed by atoms with Crippen LogP contribution < -0.4 is 20.3 Å². The molecular weight excluding hydrogens is 400 g/mol. The Kier molecular flexibility index (Phi) is 6.32. The number of hydrogen-bond acceptors (Lipinski definition) is 5. The summed E-state index contributed by atoms with van der Waals surface area (Å²) in [5, 5.41) is 6.97. The minimum absolute atomic E-state index is 0.0185. The molecule has 0 unspecified atom stereocenters. The Bertz CT molecular complexity index is 885. The second-order valence-corrected chi connectivity index (χ2v) is 8.66. The molecule has 2 N–H and O–H groups in total. The van der Waals surface area contributed by atoms with Crippen LogP contribution in [0.2, 0.25) is 5.02 Å². The van der Waals surface area contributed by atoms with E-state index in [4.69, 9.17) is 16.3 Å². The summed E-state index contributed by atoms with van der Waals surface area (Å²) in [7, 11) is 0. The third kappa shape index (κ3) is 5.17. The summed E-state index contributed by atoms with van der Waals surface area (Å²) in [6.07, 6.45) is 5.45. The highest BCUT2D eigenvalue weighted by molar-refractivity contribution is 6.35. The maximum atomic E-state index is 11.2. The zero-order valence-corrected chi connectivity index (χ0v) is 18.3. The molecule has 2 fully saturated rings. The molecule has 1 aromatic carbocycles. The Morgan fingerprint density at radius 1 is 1.27 bits per heavy atom. The van der Waals surface area contributed by atoms with Crippen molar-refractivity contribution in [3.63, 3.8) is 0 Å². The Morgan fingerprint density at radius 3 is 2.73 bits per heavy atom. The molecule has 1 saturated heterocycles. The van der Waals surface area contributed by atoms with Crippen molar-refractivity contribution in [1.82, 2.24) is 10.3 Å². The average molecular weight is 429 g/mol. The van der Waals surface area contributed by atoms with Crippen LogP contribution in [0.3, 0.4) is 0 Å². The quantitative estimate of drug-likeness (QED) is 0.651. The monoisotopic (exact) mass is 428 g/mol. The molecule has 1 aliphatic carbocycles. The van der Waals surface area contributed by atoms with Crippen molar-refractivity contribution < 1.29 is 9.53 Å². The van der Waals surface area contributed by atoms with E-state index in [-0.39, 0.29) is 18.1 Å². The van der Waals surface area contributed by atoms with Crippen LogP contribution in [0.4, 0.5) is 11.5 Å². The molecule has 30 heavy (non-hydrogen) atoms. The number of carbonyl (C=O) groups is 1. The summed E-state index contributed by atoms with van der Waals surface area (Å²) < 4.78 is 6.20.